The normalized spacial score (nSPS) is 26.1. The molecule has 2 atom stereocenters. The summed E-state index contributed by atoms with van der Waals surface area (Å²) in [6.45, 7) is 7.17. The number of carbonyl (C=O) groups is 4. The molecule has 3 amide bonds. The minimum absolute atomic E-state index is 0.134. The van der Waals surface area contributed by atoms with E-state index in [2.05, 4.69) is 18.0 Å². The first-order chi connectivity index (χ1) is 9.49. The lowest BCUT2D eigenvalue weighted by atomic mass is 9.89. The van der Waals surface area contributed by atoms with E-state index in [1.807, 2.05) is 0 Å². The number of amides is 3. The lowest BCUT2D eigenvalue weighted by Gasteiger charge is -2.16. The van der Waals surface area contributed by atoms with E-state index in [0.717, 1.165) is 6.08 Å². The summed E-state index contributed by atoms with van der Waals surface area (Å²) in [7, 11) is 0. The summed E-state index contributed by atoms with van der Waals surface area (Å²) in [5.74, 6) is -3.76. The Labute approximate surface area is 115 Å². The van der Waals surface area contributed by atoms with Crippen LogP contribution in [0, 0.1) is 11.8 Å². The largest absolute Gasteiger partial charge is 0.356 e. The Hall–Kier alpha value is -2.44. The second-order valence-corrected chi connectivity index (χ2v) is 4.56. The smallest absolute Gasteiger partial charge is 0.326 e. The summed E-state index contributed by atoms with van der Waals surface area (Å²) in [6, 6.07) is 0. The summed E-state index contributed by atoms with van der Waals surface area (Å²) >= 11 is 0. The monoisotopic (exact) mass is 278 g/mol. The van der Waals surface area contributed by atoms with Crippen molar-refractivity contribution in [1.29, 1.82) is 0 Å². The first-order valence-corrected chi connectivity index (χ1v) is 6.13. The van der Waals surface area contributed by atoms with Gasteiger partial charge in [-0.05, 0) is 12.6 Å². The summed E-state index contributed by atoms with van der Waals surface area (Å²) in [5.41, 5.74) is 0. The minimum atomic E-state index is -0.891. The number of rotatable bonds is 4. The Morgan fingerprint density at radius 1 is 1.20 bits per heavy atom. The maximum atomic E-state index is 12.1. The maximum Gasteiger partial charge on any atom is 0.356 e. The Kier molecular flexibility index (Phi) is 3.69. The van der Waals surface area contributed by atoms with Gasteiger partial charge in [0.1, 0.15) is 0 Å². The number of hydrogen-bond acceptors (Lipinski definition) is 5. The average molecular weight is 278 g/mol. The van der Waals surface area contributed by atoms with Crippen molar-refractivity contribution in [3.63, 3.8) is 0 Å². The van der Waals surface area contributed by atoms with E-state index in [0.29, 0.717) is 18.0 Å². The van der Waals surface area contributed by atoms with Gasteiger partial charge in [0.2, 0.25) is 5.91 Å². The van der Waals surface area contributed by atoms with Gasteiger partial charge in [-0.25, -0.2) is 4.79 Å². The Morgan fingerprint density at radius 3 is 2.45 bits per heavy atom. The number of hydrogen-bond donors (Lipinski definition) is 0. The van der Waals surface area contributed by atoms with E-state index in [1.165, 1.54) is 11.1 Å². The molecule has 2 saturated heterocycles. The molecule has 0 aromatic rings. The molecule has 0 aliphatic carbocycles. The fraction of sp³-hybridized carbons (Fsp3) is 0.385. The molecule has 0 aromatic heterocycles. The topological polar surface area (TPSA) is 84.0 Å². The van der Waals surface area contributed by atoms with Crippen LogP contribution in [-0.4, -0.2) is 40.2 Å². The van der Waals surface area contributed by atoms with Crippen molar-refractivity contribution in [2.45, 2.75) is 12.8 Å². The predicted octanol–water partition coefficient (Wildman–Crippen LogP) is -0.00230. The third-order valence-electron chi connectivity index (χ3n) is 3.47. The number of imide groups is 1. The van der Waals surface area contributed by atoms with Crippen molar-refractivity contribution in [2.75, 3.05) is 6.54 Å². The van der Waals surface area contributed by atoms with Crippen LogP contribution >= 0.6 is 0 Å². The molecule has 0 saturated carbocycles. The Balaban J connectivity index is 2.12. The van der Waals surface area contributed by atoms with Gasteiger partial charge >= 0.3 is 5.97 Å². The highest BCUT2D eigenvalue weighted by molar-refractivity contribution is 6.05. The highest BCUT2D eigenvalue weighted by Crippen LogP contribution is 2.34. The van der Waals surface area contributed by atoms with E-state index in [1.54, 1.807) is 0 Å². The minimum Gasteiger partial charge on any atom is -0.326 e. The number of carbonyl (C=O) groups excluding carboxylic acids is 4. The van der Waals surface area contributed by atoms with Gasteiger partial charge in [-0.2, -0.15) is 0 Å². The van der Waals surface area contributed by atoms with Gasteiger partial charge in [0.15, 0.2) is 0 Å². The predicted molar refractivity (Wildman–Crippen MR) is 66.3 cm³/mol. The van der Waals surface area contributed by atoms with E-state index in [9.17, 15) is 19.2 Å². The van der Waals surface area contributed by atoms with Gasteiger partial charge in [-0.1, -0.05) is 13.2 Å². The van der Waals surface area contributed by atoms with Crippen LogP contribution in [0.3, 0.4) is 0 Å². The van der Waals surface area contributed by atoms with Crippen LogP contribution in [0.1, 0.15) is 12.8 Å². The van der Waals surface area contributed by atoms with Crippen LogP contribution in [0.5, 0.6) is 0 Å². The average Bonchev–Trinajstić information content (AvgIpc) is 2.93. The third-order valence-corrected chi connectivity index (χ3v) is 3.47. The van der Waals surface area contributed by atoms with Crippen molar-refractivity contribution in [3.8, 4) is 0 Å². The van der Waals surface area contributed by atoms with E-state index in [4.69, 9.17) is 0 Å². The third kappa shape index (κ3) is 2.22. The number of nitrogens with zero attached hydrogens (tertiary/aromatic N) is 2. The van der Waals surface area contributed by atoms with E-state index < -0.39 is 29.6 Å². The molecule has 2 aliphatic heterocycles. The molecule has 7 heteroatoms. The van der Waals surface area contributed by atoms with Gasteiger partial charge in [-0.3, -0.25) is 14.4 Å². The van der Waals surface area contributed by atoms with Crippen LogP contribution in [0.2, 0.25) is 0 Å². The second-order valence-electron chi connectivity index (χ2n) is 4.56. The highest BCUT2D eigenvalue weighted by Gasteiger charge is 2.49. The molecule has 2 aliphatic rings. The fourth-order valence-electron chi connectivity index (χ4n) is 2.45. The summed E-state index contributed by atoms with van der Waals surface area (Å²) < 4.78 is 0. The summed E-state index contributed by atoms with van der Waals surface area (Å²) in [6.07, 6.45) is 2.59. The van der Waals surface area contributed by atoms with Gasteiger partial charge in [-0.15, -0.1) is 5.06 Å². The van der Waals surface area contributed by atoms with Gasteiger partial charge < -0.3 is 9.74 Å². The maximum absolute atomic E-state index is 12.1. The molecule has 2 fully saturated rings. The Morgan fingerprint density at radius 2 is 1.90 bits per heavy atom. The van der Waals surface area contributed by atoms with Crippen molar-refractivity contribution in [2.24, 2.45) is 11.8 Å². The first-order valence-electron chi connectivity index (χ1n) is 6.13. The van der Waals surface area contributed by atoms with Crippen LogP contribution < -0.4 is 0 Å². The number of hydroxylamine groups is 2. The molecule has 0 radical (unpaired) electrons. The zero-order chi connectivity index (χ0) is 14.9. The SMILES string of the molecule is C=CC(=O)ON1C(=O)CC(C2CCN(C=C)C2=O)C1=O. The zero-order valence-corrected chi connectivity index (χ0v) is 10.8. The highest BCUT2D eigenvalue weighted by atomic mass is 16.7. The van der Waals surface area contributed by atoms with Gasteiger partial charge in [0.25, 0.3) is 11.8 Å². The van der Waals surface area contributed by atoms with Crippen LogP contribution in [0.4, 0.5) is 0 Å². The molecule has 0 aromatic carbocycles. The quantitative estimate of drug-likeness (QED) is 0.534. The van der Waals surface area contributed by atoms with Crippen LogP contribution in [0.15, 0.2) is 25.4 Å². The van der Waals surface area contributed by atoms with Gasteiger partial charge in [0, 0.05) is 19.0 Å². The zero-order valence-electron chi connectivity index (χ0n) is 10.8. The van der Waals surface area contributed by atoms with Crippen molar-refractivity contribution >= 4 is 23.7 Å². The molecule has 2 rings (SSSR count). The summed E-state index contributed by atoms with van der Waals surface area (Å²) in [4.78, 5) is 52.9. The fourth-order valence-corrected chi connectivity index (χ4v) is 2.45. The van der Waals surface area contributed by atoms with Gasteiger partial charge in [0.05, 0.1) is 11.8 Å². The standard InChI is InChI=1S/C13H14N2O5/c1-3-11(17)20-15-10(16)7-9(13(15)19)8-5-6-14(4-2)12(8)18/h3-4,8-9H,1-2,5-7H2. The summed E-state index contributed by atoms with van der Waals surface area (Å²) in [5, 5.41) is 0.429. The first kappa shape index (κ1) is 14.0. The molecule has 0 bridgehead atoms. The van der Waals surface area contributed by atoms with E-state index >= 15 is 0 Å². The van der Waals surface area contributed by atoms with Crippen molar-refractivity contribution in [1.82, 2.24) is 9.96 Å². The number of likely N-dealkylation sites (tertiary alicyclic amines) is 1. The van der Waals surface area contributed by atoms with Crippen molar-refractivity contribution < 1.29 is 24.0 Å². The lowest BCUT2D eigenvalue weighted by molar-refractivity contribution is -0.194. The molecule has 2 unspecified atom stereocenters. The molecule has 2 heterocycles. The molecule has 7 nitrogen and oxygen atoms in total. The molecular weight excluding hydrogens is 264 g/mol. The molecular formula is C13H14N2O5. The molecule has 20 heavy (non-hydrogen) atoms. The second kappa shape index (κ2) is 5.28. The Bertz CT molecular complexity index is 513. The molecule has 0 N–H and O–H groups in total. The molecule has 0 spiro atoms. The van der Waals surface area contributed by atoms with Crippen LogP contribution in [-0.2, 0) is 24.0 Å². The van der Waals surface area contributed by atoms with E-state index in [-0.39, 0.29) is 12.3 Å². The molecule has 106 valence electrons. The lowest BCUT2D eigenvalue weighted by Crippen LogP contribution is -2.35. The van der Waals surface area contributed by atoms with Crippen LogP contribution in [0.25, 0.3) is 0 Å². The van der Waals surface area contributed by atoms with Crippen molar-refractivity contribution in [3.05, 3.63) is 25.4 Å².